The molecule has 1 saturated carbocycles. The molecule has 0 amide bonds. The molecule has 104 valence electrons. The van der Waals surface area contributed by atoms with E-state index in [0.29, 0.717) is 12.0 Å². The minimum atomic E-state index is 0.602. The van der Waals surface area contributed by atoms with Crippen molar-refractivity contribution in [2.45, 2.75) is 57.9 Å². The normalized spacial score (nSPS) is 23.5. The third-order valence-corrected chi connectivity index (χ3v) is 4.13. The molecule has 0 aromatic carbocycles. The van der Waals surface area contributed by atoms with Gasteiger partial charge >= 0.3 is 0 Å². The number of nitrogens with zero attached hydrogens (tertiary/aromatic N) is 3. The Morgan fingerprint density at radius 2 is 2.11 bits per heavy atom. The van der Waals surface area contributed by atoms with Gasteiger partial charge in [-0.1, -0.05) is 0 Å². The molecule has 0 radical (unpaired) electrons. The highest BCUT2D eigenvalue weighted by Crippen LogP contribution is 2.39. The van der Waals surface area contributed by atoms with Gasteiger partial charge in [0.05, 0.1) is 0 Å². The number of hydrogen-bond donors (Lipinski definition) is 1. The Morgan fingerprint density at radius 1 is 1.26 bits per heavy atom. The number of hydrogen-bond acceptors (Lipinski definition) is 4. The van der Waals surface area contributed by atoms with Crippen LogP contribution in [0.4, 0.5) is 11.6 Å². The zero-order valence-electron chi connectivity index (χ0n) is 12.0. The van der Waals surface area contributed by atoms with Crippen LogP contribution in [0.5, 0.6) is 0 Å². The highest BCUT2D eigenvalue weighted by molar-refractivity contribution is 5.50. The Labute approximate surface area is 115 Å². The van der Waals surface area contributed by atoms with Crippen molar-refractivity contribution in [2.24, 2.45) is 0 Å². The lowest BCUT2D eigenvalue weighted by molar-refractivity contribution is 0.480. The molecule has 1 aliphatic heterocycles. The maximum Gasteiger partial charge on any atom is 0.136 e. The van der Waals surface area contributed by atoms with Gasteiger partial charge in [-0.15, -0.1) is 0 Å². The lowest BCUT2D eigenvalue weighted by Gasteiger charge is -2.34. The Balaban J connectivity index is 1.89. The van der Waals surface area contributed by atoms with Gasteiger partial charge in [0, 0.05) is 31.1 Å². The molecule has 1 unspecified atom stereocenters. The third kappa shape index (κ3) is 2.82. The van der Waals surface area contributed by atoms with E-state index in [-0.39, 0.29) is 0 Å². The van der Waals surface area contributed by atoms with Crippen molar-refractivity contribution in [3.8, 4) is 0 Å². The molecule has 1 aromatic rings. The highest BCUT2D eigenvalue weighted by Gasteiger charge is 2.29. The van der Waals surface area contributed by atoms with Crippen molar-refractivity contribution in [1.82, 2.24) is 9.97 Å². The summed E-state index contributed by atoms with van der Waals surface area (Å²) in [5.41, 5.74) is 0. The predicted octanol–water partition coefficient (Wildman–Crippen LogP) is 3.16. The fourth-order valence-corrected chi connectivity index (χ4v) is 2.83. The number of aromatic nitrogens is 2. The first kappa shape index (κ1) is 12.7. The zero-order chi connectivity index (χ0) is 13.2. The summed E-state index contributed by atoms with van der Waals surface area (Å²) in [6.45, 7) is 6.47. The first-order valence-electron chi connectivity index (χ1n) is 7.67. The van der Waals surface area contributed by atoms with Gasteiger partial charge in [-0.3, -0.25) is 0 Å². The largest absolute Gasteiger partial charge is 0.370 e. The molecule has 19 heavy (non-hydrogen) atoms. The minimum absolute atomic E-state index is 0.602. The van der Waals surface area contributed by atoms with Crippen LogP contribution in [0.1, 0.15) is 57.7 Å². The average molecular weight is 260 g/mol. The molecule has 1 atom stereocenters. The first-order valence-corrected chi connectivity index (χ1v) is 7.67. The fourth-order valence-electron chi connectivity index (χ4n) is 2.83. The van der Waals surface area contributed by atoms with Crippen LogP contribution in [0.15, 0.2) is 6.07 Å². The number of rotatable bonds is 4. The highest BCUT2D eigenvalue weighted by atomic mass is 15.2. The second-order valence-electron chi connectivity index (χ2n) is 5.81. The molecular formula is C15H24N4. The van der Waals surface area contributed by atoms with Crippen LogP contribution in [0.3, 0.4) is 0 Å². The Bertz CT molecular complexity index is 442. The Kier molecular flexibility index (Phi) is 3.58. The van der Waals surface area contributed by atoms with E-state index in [9.17, 15) is 0 Å². The number of nitrogens with one attached hydrogen (secondary N) is 1. The number of piperidine rings is 1. The molecule has 1 aromatic heterocycles. The second kappa shape index (κ2) is 5.35. The van der Waals surface area contributed by atoms with Crippen molar-refractivity contribution in [3.63, 3.8) is 0 Å². The van der Waals surface area contributed by atoms with Crippen molar-refractivity contribution in [2.75, 3.05) is 23.3 Å². The summed E-state index contributed by atoms with van der Waals surface area (Å²) in [4.78, 5) is 11.9. The van der Waals surface area contributed by atoms with Gasteiger partial charge < -0.3 is 10.2 Å². The standard InChI is InChI=1S/C15H24N4/c1-3-16-13-10-14(18-15(17-13)12-7-8-12)19-9-5-4-6-11(19)2/h10-12H,3-9H2,1-2H3,(H,16,17,18). The fraction of sp³-hybridized carbons (Fsp3) is 0.733. The molecule has 4 heteroatoms. The van der Waals surface area contributed by atoms with E-state index < -0.39 is 0 Å². The van der Waals surface area contributed by atoms with E-state index >= 15 is 0 Å². The summed E-state index contributed by atoms with van der Waals surface area (Å²) in [6, 6.07) is 2.72. The quantitative estimate of drug-likeness (QED) is 0.903. The van der Waals surface area contributed by atoms with Gasteiger partial charge in [-0.25, -0.2) is 9.97 Å². The summed E-state index contributed by atoms with van der Waals surface area (Å²) >= 11 is 0. The zero-order valence-corrected chi connectivity index (χ0v) is 12.0. The lowest BCUT2D eigenvalue weighted by Crippen LogP contribution is -2.38. The molecule has 1 aliphatic carbocycles. The molecule has 1 N–H and O–H groups in total. The molecular weight excluding hydrogens is 236 g/mol. The van der Waals surface area contributed by atoms with Gasteiger partial charge in [0.2, 0.25) is 0 Å². The lowest BCUT2D eigenvalue weighted by atomic mass is 10.0. The summed E-state index contributed by atoms with van der Waals surface area (Å²) in [7, 11) is 0. The van der Waals surface area contributed by atoms with Crippen LogP contribution in [0, 0.1) is 0 Å². The van der Waals surface area contributed by atoms with E-state index in [0.717, 1.165) is 30.5 Å². The van der Waals surface area contributed by atoms with Crippen LogP contribution in [0.2, 0.25) is 0 Å². The molecule has 2 aliphatic rings. The molecule has 0 bridgehead atoms. The van der Waals surface area contributed by atoms with Gasteiger partial charge in [-0.05, 0) is 46.0 Å². The SMILES string of the molecule is CCNc1cc(N2CCCCC2C)nc(C2CC2)n1. The Hall–Kier alpha value is -1.32. The summed E-state index contributed by atoms with van der Waals surface area (Å²) in [5.74, 6) is 3.77. The maximum absolute atomic E-state index is 4.83. The van der Waals surface area contributed by atoms with E-state index in [1.807, 2.05) is 0 Å². The average Bonchev–Trinajstić information content (AvgIpc) is 3.23. The van der Waals surface area contributed by atoms with Gasteiger partial charge in [0.25, 0.3) is 0 Å². The van der Waals surface area contributed by atoms with Crippen LogP contribution < -0.4 is 10.2 Å². The van der Waals surface area contributed by atoms with Crippen molar-refractivity contribution < 1.29 is 0 Å². The summed E-state index contributed by atoms with van der Waals surface area (Å²) in [5, 5.41) is 3.35. The first-order chi connectivity index (χ1) is 9.28. The molecule has 1 saturated heterocycles. The van der Waals surface area contributed by atoms with Crippen LogP contribution in [-0.4, -0.2) is 29.1 Å². The van der Waals surface area contributed by atoms with E-state index in [2.05, 4.69) is 35.1 Å². The summed E-state index contributed by atoms with van der Waals surface area (Å²) < 4.78 is 0. The summed E-state index contributed by atoms with van der Waals surface area (Å²) in [6.07, 6.45) is 6.41. The number of anilines is 2. The van der Waals surface area contributed by atoms with E-state index in [4.69, 9.17) is 4.98 Å². The smallest absolute Gasteiger partial charge is 0.136 e. The van der Waals surface area contributed by atoms with Gasteiger partial charge in [-0.2, -0.15) is 0 Å². The predicted molar refractivity (Wildman–Crippen MR) is 78.8 cm³/mol. The van der Waals surface area contributed by atoms with E-state index in [1.54, 1.807) is 0 Å². The van der Waals surface area contributed by atoms with Gasteiger partial charge in [0.1, 0.15) is 17.5 Å². The van der Waals surface area contributed by atoms with Crippen LogP contribution in [0.25, 0.3) is 0 Å². The maximum atomic E-state index is 4.83. The van der Waals surface area contributed by atoms with Crippen molar-refractivity contribution in [1.29, 1.82) is 0 Å². The van der Waals surface area contributed by atoms with Crippen LogP contribution in [-0.2, 0) is 0 Å². The third-order valence-electron chi connectivity index (χ3n) is 4.13. The molecule has 3 rings (SSSR count). The second-order valence-corrected chi connectivity index (χ2v) is 5.81. The van der Waals surface area contributed by atoms with Crippen molar-refractivity contribution in [3.05, 3.63) is 11.9 Å². The van der Waals surface area contributed by atoms with Gasteiger partial charge in [0.15, 0.2) is 0 Å². The minimum Gasteiger partial charge on any atom is -0.370 e. The Morgan fingerprint density at radius 3 is 2.79 bits per heavy atom. The molecule has 4 nitrogen and oxygen atoms in total. The van der Waals surface area contributed by atoms with Crippen LogP contribution >= 0.6 is 0 Å². The monoisotopic (exact) mass is 260 g/mol. The topological polar surface area (TPSA) is 41.0 Å². The molecule has 2 fully saturated rings. The molecule has 2 heterocycles. The van der Waals surface area contributed by atoms with Crippen molar-refractivity contribution >= 4 is 11.6 Å². The van der Waals surface area contributed by atoms with E-state index in [1.165, 1.54) is 32.1 Å². The molecule has 0 spiro atoms.